The number of aliphatic carboxylic acids is 1. The molecule has 0 spiro atoms. The Balaban J connectivity index is 0.00000342. The summed E-state index contributed by atoms with van der Waals surface area (Å²) in [4.78, 5) is 15.0. The van der Waals surface area contributed by atoms with Crippen LogP contribution in [0.5, 0.6) is 11.5 Å². The van der Waals surface area contributed by atoms with Gasteiger partial charge in [-0.3, -0.25) is 4.79 Å². The normalized spacial score (nSPS) is 20.9. The van der Waals surface area contributed by atoms with Crippen LogP contribution < -0.4 is 19.3 Å². The topological polar surface area (TPSA) is 62.2 Å². The Hall–Kier alpha value is -2.81. The fourth-order valence-corrected chi connectivity index (χ4v) is 4.81. The lowest BCUT2D eigenvalue weighted by Crippen LogP contribution is -2.38. The van der Waals surface area contributed by atoms with Crippen molar-refractivity contribution in [2.24, 2.45) is 5.92 Å². The Bertz CT molecular complexity index is 981. The van der Waals surface area contributed by atoms with Gasteiger partial charge in [0.25, 0.3) is 0 Å². The summed E-state index contributed by atoms with van der Waals surface area (Å²) in [6.07, 6.45) is -3.13. The van der Waals surface area contributed by atoms with E-state index >= 15 is 0 Å². The molecule has 2 aliphatic rings. The molecule has 2 aromatic carbocycles. The maximum Gasteiger partial charge on any atom is 0.393 e. The minimum Gasteiger partial charge on any atom is -0.497 e. The van der Waals surface area contributed by atoms with Gasteiger partial charge in [-0.25, -0.2) is 0 Å². The van der Waals surface area contributed by atoms with Crippen LogP contribution >= 0.6 is 12.4 Å². The number of benzene rings is 2. The van der Waals surface area contributed by atoms with E-state index in [2.05, 4.69) is 11.0 Å². The van der Waals surface area contributed by atoms with Crippen LogP contribution in [0.25, 0.3) is 0 Å². The summed E-state index contributed by atoms with van der Waals surface area (Å²) in [5.41, 5.74) is 1.69. The first-order valence-corrected chi connectivity index (χ1v) is 11.4. The Morgan fingerprint density at radius 3 is 2.34 bits per heavy atom. The van der Waals surface area contributed by atoms with Crippen molar-refractivity contribution < 1.29 is 32.5 Å². The number of carbonyl (C=O) groups is 1. The smallest absolute Gasteiger partial charge is 0.393 e. The highest BCUT2D eigenvalue weighted by molar-refractivity contribution is 5.85. The van der Waals surface area contributed by atoms with Crippen LogP contribution in [0.3, 0.4) is 0 Å². The van der Waals surface area contributed by atoms with Gasteiger partial charge in [-0.2, -0.15) is 13.2 Å². The van der Waals surface area contributed by atoms with Gasteiger partial charge in [-0.05, 0) is 42.8 Å². The number of piperidine rings is 1. The largest absolute Gasteiger partial charge is 0.497 e. The molecule has 10 heteroatoms. The Morgan fingerprint density at radius 1 is 1.06 bits per heavy atom. The predicted octanol–water partition coefficient (Wildman–Crippen LogP) is 5.40. The Morgan fingerprint density at radius 2 is 1.74 bits per heavy atom. The lowest BCUT2D eigenvalue weighted by molar-refractivity contribution is -0.169. The van der Waals surface area contributed by atoms with E-state index in [1.807, 2.05) is 18.2 Å². The summed E-state index contributed by atoms with van der Waals surface area (Å²) in [7, 11) is 1.65. The van der Waals surface area contributed by atoms with Gasteiger partial charge in [0.15, 0.2) is 0 Å². The number of hydrogen-bond acceptors (Lipinski definition) is 5. The van der Waals surface area contributed by atoms with Gasteiger partial charge in [0.1, 0.15) is 17.6 Å². The molecule has 0 radical (unpaired) electrons. The molecule has 2 fully saturated rings. The fourth-order valence-electron chi connectivity index (χ4n) is 4.81. The van der Waals surface area contributed by atoms with Gasteiger partial charge in [-0.1, -0.05) is 6.07 Å². The van der Waals surface area contributed by atoms with E-state index < -0.39 is 24.1 Å². The summed E-state index contributed by atoms with van der Waals surface area (Å²) < 4.78 is 51.2. The van der Waals surface area contributed by atoms with E-state index in [0.29, 0.717) is 11.4 Å². The van der Waals surface area contributed by atoms with E-state index in [1.54, 1.807) is 36.3 Å². The van der Waals surface area contributed by atoms with Gasteiger partial charge in [0.2, 0.25) is 0 Å². The van der Waals surface area contributed by atoms with Crippen LogP contribution in [-0.2, 0) is 4.79 Å². The van der Waals surface area contributed by atoms with Crippen molar-refractivity contribution in [1.82, 2.24) is 0 Å². The highest BCUT2D eigenvalue weighted by Crippen LogP contribution is 2.40. The highest BCUT2D eigenvalue weighted by atomic mass is 35.5. The molecular formula is C25H30ClF3N2O4. The Kier molecular flexibility index (Phi) is 8.64. The van der Waals surface area contributed by atoms with E-state index in [-0.39, 0.29) is 37.9 Å². The monoisotopic (exact) mass is 514 g/mol. The third-order valence-corrected chi connectivity index (χ3v) is 6.62. The lowest BCUT2D eigenvalue weighted by Gasteiger charge is -2.34. The molecule has 2 atom stereocenters. The number of rotatable bonds is 7. The van der Waals surface area contributed by atoms with Crippen LogP contribution in [0.2, 0.25) is 0 Å². The molecule has 0 bridgehead atoms. The average molecular weight is 515 g/mol. The van der Waals surface area contributed by atoms with E-state index in [4.69, 9.17) is 14.6 Å². The van der Waals surface area contributed by atoms with Crippen molar-refractivity contribution in [2.45, 2.75) is 44.0 Å². The zero-order valence-corrected chi connectivity index (χ0v) is 20.2. The zero-order chi connectivity index (χ0) is 24.3. The number of hydrogen-bond donors (Lipinski definition) is 1. The van der Waals surface area contributed by atoms with Gasteiger partial charge < -0.3 is 24.4 Å². The van der Waals surface area contributed by atoms with E-state index in [9.17, 15) is 18.0 Å². The first-order valence-electron chi connectivity index (χ1n) is 11.4. The molecule has 0 aromatic heterocycles. The van der Waals surface area contributed by atoms with Gasteiger partial charge >= 0.3 is 12.1 Å². The quantitative estimate of drug-likeness (QED) is 0.534. The number of nitrogens with zero attached hydrogens (tertiary/aromatic N) is 2. The second-order valence-corrected chi connectivity index (χ2v) is 8.88. The number of ether oxygens (including phenoxy) is 2. The van der Waals surface area contributed by atoms with Crippen LogP contribution in [0.1, 0.15) is 25.7 Å². The van der Waals surface area contributed by atoms with Gasteiger partial charge in [-0.15, -0.1) is 12.4 Å². The average Bonchev–Trinajstić information content (AvgIpc) is 3.24. The number of carboxylic acid groups (broad SMARTS) is 1. The number of anilines is 2. The van der Waals surface area contributed by atoms with Crippen molar-refractivity contribution in [2.75, 3.05) is 36.5 Å². The molecule has 192 valence electrons. The second kappa shape index (κ2) is 11.3. The lowest BCUT2D eigenvalue weighted by atomic mass is 10.0. The third-order valence-electron chi connectivity index (χ3n) is 6.62. The van der Waals surface area contributed by atoms with Crippen LogP contribution in [0.15, 0.2) is 48.5 Å². The van der Waals surface area contributed by atoms with Crippen LogP contribution in [0.4, 0.5) is 24.5 Å². The van der Waals surface area contributed by atoms with Gasteiger partial charge in [0, 0.05) is 56.0 Å². The molecule has 0 aliphatic carbocycles. The number of alkyl halides is 3. The summed E-state index contributed by atoms with van der Waals surface area (Å²) in [5, 5.41) is 9.13. The molecule has 6 nitrogen and oxygen atoms in total. The van der Waals surface area contributed by atoms with Crippen LogP contribution in [-0.4, -0.2) is 56.1 Å². The van der Waals surface area contributed by atoms with Crippen molar-refractivity contribution in [3.8, 4) is 11.5 Å². The minimum absolute atomic E-state index is 0. The molecule has 2 saturated heterocycles. The van der Waals surface area contributed by atoms with Crippen LogP contribution in [0, 0.1) is 5.92 Å². The standard InChI is InChI=1S/C25H29F3N2O4.ClH/c1-33-23-4-2-3-19(14-23)29-11-9-22(10-12-29)34-21-7-5-18(6-8-21)30-16-17(25(26,27)28)13-20(30)15-24(31)32;/h2-8,14,17,20,22H,9-13,15-16H2,1H3,(H,31,32);1H/t17-,20-;/m1./s1. The second-order valence-electron chi connectivity index (χ2n) is 8.88. The molecule has 1 N–H and O–H groups in total. The molecule has 0 amide bonds. The fraction of sp³-hybridized carbons (Fsp3) is 0.480. The molecule has 0 unspecified atom stereocenters. The molecule has 2 aromatic rings. The van der Waals surface area contributed by atoms with Crippen molar-refractivity contribution in [3.63, 3.8) is 0 Å². The highest BCUT2D eigenvalue weighted by Gasteiger charge is 2.47. The van der Waals surface area contributed by atoms with Crippen molar-refractivity contribution >= 4 is 29.8 Å². The van der Waals surface area contributed by atoms with Gasteiger partial charge in [0.05, 0.1) is 19.4 Å². The summed E-state index contributed by atoms with van der Waals surface area (Å²) in [6.45, 7) is 1.46. The summed E-state index contributed by atoms with van der Waals surface area (Å²) in [6, 6.07) is 14.2. The summed E-state index contributed by atoms with van der Waals surface area (Å²) in [5.74, 6) is -1.15. The molecule has 4 rings (SSSR count). The van der Waals surface area contributed by atoms with Crippen molar-refractivity contribution in [3.05, 3.63) is 48.5 Å². The van der Waals surface area contributed by atoms with E-state index in [0.717, 1.165) is 37.4 Å². The predicted molar refractivity (Wildman–Crippen MR) is 130 cm³/mol. The maximum absolute atomic E-state index is 13.3. The number of halogens is 4. The van der Waals surface area contributed by atoms with Crippen molar-refractivity contribution in [1.29, 1.82) is 0 Å². The number of carboxylic acids is 1. The SMILES string of the molecule is COc1cccc(N2CCC(Oc3ccc(N4C[C@H](C(F)(F)F)C[C@@H]4CC(=O)O)cc3)CC2)c1.Cl. The van der Waals surface area contributed by atoms with E-state index in [1.165, 1.54) is 0 Å². The molecule has 0 saturated carbocycles. The molecule has 2 aliphatic heterocycles. The maximum atomic E-state index is 13.3. The first-order chi connectivity index (χ1) is 16.2. The Labute approximate surface area is 209 Å². The molecule has 35 heavy (non-hydrogen) atoms. The number of methoxy groups -OCH3 is 1. The summed E-state index contributed by atoms with van der Waals surface area (Å²) >= 11 is 0. The zero-order valence-electron chi connectivity index (χ0n) is 19.4. The first kappa shape index (κ1) is 26.8. The minimum atomic E-state index is -4.34. The third kappa shape index (κ3) is 6.66. The molecular weight excluding hydrogens is 485 g/mol. The molecule has 2 heterocycles.